The second-order valence-corrected chi connectivity index (χ2v) is 26.5. The molecule has 0 aliphatic rings. The molecule has 2 atom stereocenters. The summed E-state index contributed by atoms with van der Waals surface area (Å²) in [5.74, 6) is -38.4. The summed E-state index contributed by atoms with van der Waals surface area (Å²) in [4.78, 5) is 250. The minimum atomic E-state index is -1.79. The first-order valence-electron chi connectivity index (χ1n) is 37.3. The van der Waals surface area contributed by atoms with Gasteiger partial charge in [0.1, 0.15) is 51.8 Å². The van der Waals surface area contributed by atoms with Crippen LogP contribution in [0.3, 0.4) is 0 Å². The van der Waals surface area contributed by atoms with E-state index in [0.717, 1.165) is 97.1 Å². The highest BCUT2D eigenvalue weighted by molar-refractivity contribution is 6.11. The SMILES string of the molecule is COC(=O)c1cc(O)c(O)c(O)c1.O=C(O)c1ccc(C(=O)O)c(C(=O)O)c1.O=C(O)c1ccc(C(=O)O)c(C(=O)OCCOC(=O)c2cc(C(=O)O)ccc2C(=O)O)c1.O=C(O)c1ccc(C(=O)O)c(C(=O)Oc2cc(C(=O)OCCOC(=O)c3cc(OCC(O)CO)c(OC(=O)c4cc(C(=O)O)ccc4C(=O)O)c(OC(=O)c4cc(C(=O)O)ccc4C(=O)O)c3)cc(O)c2OCC(O)CO)c1. The van der Waals surface area contributed by atoms with Crippen LogP contribution in [0.1, 0.15) is 218 Å². The summed E-state index contributed by atoms with van der Waals surface area (Å²) in [5.41, 5.74) is -12.4. The Labute approximate surface area is 764 Å². The van der Waals surface area contributed by atoms with Crippen molar-refractivity contribution in [1.29, 1.82) is 0 Å². The number of phenols is 4. The van der Waals surface area contributed by atoms with E-state index in [-0.39, 0.29) is 22.3 Å². The van der Waals surface area contributed by atoms with Gasteiger partial charge in [-0.15, -0.1) is 0 Å². The molecule has 0 heterocycles. The topological polar surface area (TPSA) is 876 Å². The number of hydrogen-bond acceptors (Lipinski definition) is 39. The second kappa shape index (κ2) is 48.4. The zero-order valence-corrected chi connectivity index (χ0v) is 69.2. The van der Waals surface area contributed by atoms with Gasteiger partial charge in [0.25, 0.3) is 0 Å². The lowest BCUT2D eigenvalue weighted by Crippen LogP contribution is -2.23. The number of phenolic OH excluding ortho intramolecular Hbond substituents is 4. The van der Waals surface area contributed by atoms with Gasteiger partial charge in [-0.25, -0.2) is 101 Å². The number of rotatable bonds is 38. The van der Waals surface area contributed by atoms with E-state index in [9.17, 15) is 157 Å². The summed E-state index contributed by atoms with van der Waals surface area (Å²) in [7, 11) is 1.17. The number of methoxy groups -OCH3 is 1. The molecule has 0 saturated heterocycles. The molecule has 52 nitrogen and oxygen atoms in total. The maximum absolute atomic E-state index is 13.8. The standard InChI is InChI=1S/C49H38O29.C20H14O12.C9H6O6.C8H8O5/c50-16-25(52)18-74-34-13-24(15-36(77-48(70)31-10-21(40(57)58)2-5-28(31)43(63)64)38(34)78-49(71)32-11-22(41(59)60)3-6-29(32)44(65)66)46(68)73-8-7-72-45(67)23-12-33(54)37(75-19-26(53)17-51)35(14-23)76-47(69)30-9-20(39(55)56)1-4-27(30)42(61)62;21-15(22)9-1-3-11(17(25)26)13(7-9)19(29)31-5-6-32-20(30)14-8-10(16(23)24)2-4-12(14)18(27)28;10-7(11)4-1-2-5(8(12)13)6(3-4)9(14)15;1-13-8(12)4-2-5(9)7(11)6(10)3-4/h1-6,9-15,25-26,50-54H,7-8,16-19H2,(H,55,56)(H,57,58)(H,59,60)(H,61,62)(H,63,64)(H,65,66);1-4,7-8H,5-6H2,(H,21,22)(H,23,24)(H,25,26)(H,27,28);1-3H,(H,10,11)(H,12,13)(H,14,15);2-3,9-11H,1H3. The molecule has 21 N–H and O–H groups in total. The molecule has 9 aromatic rings. The number of carbonyl (C=O) groups excluding carboxylic acids is 8. The molecule has 9 aromatic carbocycles. The molecule has 52 heteroatoms. The fourth-order valence-corrected chi connectivity index (χ4v) is 10.7. The van der Waals surface area contributed by atoms with E-state index in [2.05, 4.69) is 4.74 Å². The summed E-state index contributed by atoms with van der Waals surface area (Å²) >= 11 is 0. The number of hydrogen-bond donors (Lipinski definition) is 21. The summed E-state index contributed by atoms with van der Waals surface area (Å²) in [6, 6.07) is 19.5. The van der Waals surface area contributed by atoms with Crippen LogP contribution in [0.25, 0.3) is 0 Å². The zero-order valence-electron chi connectivity index (χ0n) is 69.2. The Morgan fingerprint density at radius 3 is 0.768 bits per heavy atom. The molecule has 0 fully saturated rings. The molecule has 0 aliphatic carbocycles. The highest BCUT2D eigenvalue weighted by atomic mass is 16.6. The first kappa shape index (κ1) is 107. The number of ether oxygens (including phenoxy) is 10. The molecular formula is C86H66O52. The van der Waals surface area contributed by atoms with E-state index >= 15 is 0 Å². The molecule has 0 saturated carbocycles. The number of carboxylic acids is 13. The van der Waals surface area contributed by atoms with Crippen LogP contribution in [0, 0.1) is 0 Å². The summed E-state index contributed by atoms with van der Waals surface area (Å²) in [6.45, 7) is -6.44. The molecule has 0 spiro atoms. The molecule has 0 aliphatic heterocycles. The van der Waals surface area contributed by atoms with Crippen LogP contribution in [0.5, 0.6) is 51.7 Å². The van der Waals surface area contributed by atoms with Gasteiger partial charge in [0, 0.05) is 0 Å². The Balaban J connectivity index is 0.000000389. The number of aliphatic hydroxyl groups is 4. The van der Waals surface area contributed by atoms with Crippen molar-refractivity contribution in [2.75, 3.05) is 60.0 Å². The first-order chi connectivity index (χ1) is 64.9. The van der Waals surface area contributed by atoms with E-state index < -0.39 is 337 Å². The molecule has 9 rings (SSSR count). The molecule has 0 radical (unpaired) electrons. The van der Waals surface area contributed by atoms with Gasteiger partial charge < -0.3 is 155 Å². The van der Waals surface area contributed by atoms with Crippen molar-refractivity contribution in [1.82, 2.24) is 0 Å². The summed E-state index contributed by atoms with van der Waals surface area (Å²) in [6.07, 6.45) is -3.32. The van der Waals surface area contributed by atoms with Crippen LogP contribution in [-0.4, -0.2) is 305 Å². The lowest BCUT2D eigenvalue weighted by Gasteiger charge is -2.19. The van der Waals surface area contributed by atoms with Crippen molar-refractivity contribution in [2.45, 2.75) is 12.2 Å². The molecule has 2 unspecified atom stereocenters. The van der Waals surface area contributed by atoms with Crippen molar-refractivity contribution in [3.63, 3.8) is 0 Å². The van der Waals surface area contributed by atoms with Gasteiger partial charge in [0.05, 0.1) is 137 Å². The molecular weight excluding hydrogens is 1860 g/mol. The minimum Gasteiger partial charge on any atom is -0.504 e. The van der Waals surface area contributed by atoms with Crippen LogP contribution in [0.15, 0.2) is 146 Å². The smallest absolute Gasteiger partial charge is 0.344 e. The van der Waals surface area contributed by atoms with Gasteiger partial charge in [-0.3, -0.25) is 0 Å². The Morgan fingerprint density at radius 2 is 0.478 bits per heavy atom. The fourth-order valence-electron chi connectivity index (χ4n) is 10.7. The Morgan fingerprint density at radius 1 is 0.239 bits per heavy atom. The quantitative estimate of drug-likeness (QED) is 0.00827. The van der Waals surface area contributed by atoms with E-state index in [1.54, 1.807) is 0 Å². The molecule has 0 aromatic heterocycles. The predicted molar refractivity (Wildman–Crippen MR) is 440 cm³/mol. The average Bonchev–Trinajstić information content (AvgIpc) is 0.779. The number of esters is 8. The van der Waals surface area contributed by atoms with E-state index in [4.69, 9.17) is 93.7 Å². The van der Waals surface area contributed by atoms with Crippen molar-refractivity contribution < 1.29 is 255 Å². The Bertz CT molecular complexity index is 6320. The number of carboxylic acid groups (broad SMARTS) is 13. The number of aliphatic hydroxyl groups excluding tert-OH is 4. The van der Waals surface area contributed by atoms with Gasteiger partial charge in [-0.2, -0.15) is 0 Å². The summed E-state index contributed by atoms with van der Waals surface area (Å²) in [5, 5.41) is 196. The van der Waals surface area contributed by atoms with Crippen LogP contribution >= 0.6 is 0 Å². The van der Waals surface area contributed by atoms with E-state index in [1.165, 1.54) is 7.11 Å². The van der Waals surface area contributed by atoms with Crippen molar-refractivity contribution in [3.8, 4) is 51.7 Å². The third kappa shape index (κ3) is 28.7. The number of benzene rings is 9. The molecule has 0 amide bonds. The maximum Gasteiger partial charge on any atom is 0.344 e. The van der Waals surface area contributed by atoms with Crippen LogP contribution in [0.4, 0.5) is 0 Å². The van der Waals surface area contributed by atoms with Crippen molar-refractivity contribution in [2.24, 2.45) is 0 Å². The van der Waals surface area contributed by atoms with Gasteiger partial charge in [0.15, 0.2) is 40.2 Å². The lowest BCUT2D eigenvalue weighted by atomic mass is 10.0. The second-order valence-electron chi connectivity index (χ2n) is 26.5. The zero-order chi connectivity index (χ0) is 103. The third-order valence-corrected chi connectivity index (χ3v) is 17.3. The van der Waals surface area contributed by atoms with E-state index in [1.807, 2.05) is 0 Å². The van der Waals surface area contributed by atoms with Crippen LogP contribution in [-0.2, 0) is 23.7 Å². The minimum absolute atomic E-state index is 0.0321. The van der Waals surface area contributed by atoms with Gasteiger partial charge in [-0.05, 0) is 146 Å². The lowest BCUT2D eigenvalue weighted by molar-refractivity contribution is 0.0262. The Kier molecular flexibility index (Phi) is 37.6. The highest BCUT2D eigenvalue weighted by Gasteiger charge is 2.33. The van der Waals surface area contributed by atoms with Crippen LogP contribution < -0.4 is 23.7 Å². The fraction of sp³-hybridized carbons (Fsp3) is 0.128. The first-order valence-corrected chi connectivity index (χ1v) is 37.3. The number of carbonyl (C=O) groups is 21. The molecule has 722 valence electrons. The van der Waals surface area contributed by atoms with Gasteiger partial charge >= 0.3 is 125 Å². The highest BCUT2D eigenvalue weighted by Crippen LogP contribution is 2.43. The molecule has 138 heavy (non-hydrogen) atoms. The largest absolute Gasteiger partial charge is 0.504 e. The van der Waals surface area contributed by atoms with Crippen LogP contribution in [0.2, 0.25) is 0 Å². The average molecular weight is 1930 g/mol. The Hall–Kier alpha value is -19.5. The number of aromatic carboxylic acids is 13. The summed E-state index contributed by atoms with van der Waals surface area (Å²) < 4.78 is 50.9. The third-order valence-electron chi connectivity index (χ3n) is 17.3. The van der Waals surface area contributed by atoms with Gasteiger partial charge in [0.2, 0.25) is 11.5 Å². The van der Waals surface area contributed by atoms with E-state index in [0.29, 0.717) is 48.5 Å². The maximum atomic E-state index is 13.8. The number of aromatic hydroxyl groups is 4. The predicted octanol–water partition coefficient (Wildman–Crippen LogP) is 4.58. The monoisotopic (exact) mass is 1930 g/mol. The van der Waals surface area contributed by atoms with Gasteiger partial charge in [-0.1, -0.05) is 0 Å². The van der Waals surface area contributed by atoms with Crippen molar-refractivity contribution >= 4 is 125 Å². The van der Waals surface area contributed by atoms with Crippen molar-refractivity contribution in [3.05, 3.63) is 262 Å². The molecule has 0 bridgehead atoms. The normalized spacial score (nSPS) is 10.8.